The zero-order valence-electron chi connectivity index (χ0n) is 17.0. The minimum absolute atomic E-state index is 0.0301. The summed E-state index contributed by atoms with van der Waals surface area (Å²) >= 11 is 0. The van der Waals surface area contributed by atoms with E-state index in [0.717, 1.165) is 16.9 Å². The molecule has 0 aliphatic carbocycles. The molecule has 2 aliphatic heterocycles. The van der Waals surface area contributed by atoms with Crippen molar-refractivity contribution >= 4 is 29.3 Å². The fraction of sp³-hybridized carbons (Fsp3) is 0.304. The quantitative estimate of drug-likeness (QED) is 0.612. The van der Waals surface area contributed by atoms with Gasteiger partial charge in [0.15, 0.2) is 5.78 Å². The van der Waals surface area contributed by atoms with Gasteiger partial charge in [-0.25, -0.2) is 4.79 Å². The van der Waals surface area contributed by atoms with Gasteiger partial charge in [0, 0.05) is 24.2 Å². The van der Waals surface area contributed by atoms with Crippen LogP contribution in [0, 0.1) is 6.92 Å². The third-order valence-electron chi connectivity index (χ3n) is 5.76. The smallest absolute Gasteiger partial charge is 0.319 e. The number of ketones is 1. The number of amides is 4. The molecule has 2 saturated heterocycles. The number of carbonyl (C=O) groups is 4. The van der Waals surface area contributed by atoms with Gasteiger partial charge in [-0.3, -0.25) is 19.3 Å². The third-order valence-corrected chi connectivity index (χ3v) is 5.76. The Balaban J connectivity index is 1.53. The Hall–Kier alpha value is -3.48. The summed E-state index contributed by atoms with van der Waals surface area (Å²) in [5.74, 6) is -0.793. The van der Waals surface area contributed by atoms with Crippen molar-refractivity contribution in [3.8, 4) is 0 Å². The zero-order chi connectivity index (χ0) is 21.5. The lowest BCUT2D eigenvalue weighted by Crippen LogP contribution is -2.41. The third kappa shape index (κ3) is 3.36. The standard InChI is InChI=1S/C23H23N3O4/c1-15-8-10-17(11-9-15)23(2)21(29)26(22(30)24-23)14-19(27)16-5-3-6-18(13-16)25-12-4-7-20(25)28/h3,5-6,8-11,13H,4,7,12,14H2,1-2H3,(H,24,30)/t23-/m0/s1. The van der Waals surface area contributed by atoms with E-state index in [0.29, 0.717) is 29.8 Å². The molecular formula is C23H23N3O4. The normalized spacial score (nSPS) is 21.3. The van der Waals surface area contributed by atoms with Crippen molar-refractivity contribution in [3.63, 3.8) is 0 Å². The molecule has 7 nitrogen and oxygen atoms in total. The van der Waals surface area contributed by atoms with Gasteiger partial charge in [-0.15, -0.1) is 0 Å². The first-order valence-electron chi connectivity index (χ1n) is 9.94. The number of carbonyl (C=O) groups excluding carboxylic acids is 4. The maximum Gasteiger partial charge on any atom is 0.325 e. The van der Waals surface area contributed by atoms with Crippen molar-refractivity contribution in [2.75, 3.05) is 18.0 Å². The lowest BCUT2D eigenvalue weighted by Gasteiger charge is -2.22. The van der Waals surface area contributed by atoms with Crippen LogP contribution in [-0.2, 0) is 15.1 Å². The minimum Gasteiger partial charge on any atom is -0.319 e. The van der Waals surface area contributed by atoms with Crippen molar-refractivity contribution in [1.29, 1.82) is 0 Å². The van der Waals surface area contributed by atoms with Gasteiger partial charge in [0.1, 0.15) is 5.54 Å². The van der Waals surface area contributed by atoms with Crippen molar-refractivity contribution in [2.24, 2.45) is 0 Å². The van der Waals surface area contributed by atoms with Crippen LogP contribution >= 0.6 is 0 Å². The van der Waals surface area contributed by atoms with Gasteiger partial charge in [0.2, 0.25) is 5.91 Å². The first-order chi connectivity index (χ1) is 14.3. The Bertz CT molecular complexity index is 1050. The predicted molar refractivity (Wildman–Crippen MR) is 111 cm³/mol. The van der Waals surface area contributed by atoms with Crippen molar-refractivity contribution in [3.05, 3.63) is 65.2 Å². The maximum atomic E-state index is 13.0. The van der Waals surface area contributed by atoms with Crippen molar-refractivity contribution in [1.82, 2.24) is 10.2 Å². The molecule has 0 unspecified atom stereocenters. The number of imide groups is 1. The van der Waals surface area contributed by atoms with Gasteiger partial charge < -0.3 is 10.2 Å². The second-order valence-corrected chi connectivity index (χ2v) is 7.93. The number of hydrogen-bond donors (Lipinski definition) is 1. The van der Waals surface area contributed by atoms with Crippen molar-refractivity contribution < 1.29 is 19.2 Å². The number of rotatable bonds is 5. The largest absolute Gasteiger partial charge is 0.325 e. The van der Waals surface area contributed by atoms with E-state index in [2.05, 4.69) is 5.32 Å². The van der Waals surface area contributed by atoms with Crippen LogP contribution < -0.4 is 10.2 Å². The van der Waals surface area contributed by atoms with Crippen LogP contribution in [0.3, 0.4) is 0 Å². The summed E-state index contributed by atoms with van der Waals surface area (Å²) in [5.41, 5.74) is 1.51. The molecule has 2 heterocycles. The Morgan fingerprint density at radius 1 is 1.10 bits per heavy atom. The molecule has 4 amide bonds. The van der Waals surface area contributed by atoms with Crippen LogP contribution in [0.2, 0.25) is 0 Å². The van der Waals surface area contributed by atoms with E-state index in [4.69, 9.17) is 0 Å². The van der Waals surface area contributed by atoms with Crippen LogP contribution in [0.15, 0.2) is 48.5 Å². The summed E-state index contributed by atoms with van der Waals surface area (Å²) in [5, 5.41) is 2.72. The van der Waals surface area contributed by atoms with E-state index in [9.17, 15) is 19.2 Å². The van der Waals surface area contributed by atoms with E-state index in [1.54, 1.807) is 48.2 Å². The molecule has 0 aromatic heterocycles. The van der Waals surface area contributed by atoms with Gasteiger partial charge in [-0.1, -0.05) is 42.0 Å². The molecule has 0 radical (unpaired) electrons. The monoisotopic (exact) mass is 405 g/mol. The molecule has 0 saturated carbocycles. The Kier molecular flexibility index (Phi) is 4.89. The SMILES string of the molecule is Cc1ccc([C@]2(C)NC(=O)N(CC(=O)c3cccc(N4CCCC4=O)c3)C2=O)cc1. The van der Waals surface area contributed by atoms with E-state index >= 15 is 0 Å². The van der Waals surface area contributed by atoms with Crippen LogP contribution in [0.4, 0.5) is 10.5 Å². The average Bonchev–Trinajstić information content (AvgIpc) is 3.25. The minimum atomic E-state index is -1.21. The van der Waals surface area contributed by atoms with Crippen LogP contribution in [-0.4, -0.2) is 41.6 Å². The average molecular weight is 405 g/mol. The van der Waals surface area contributed by atoms with Crippen LogP contribution in [0.5, 0.6) is 0 Å². The zero-order valence-corrected chi connectivity index (χ0v) is 17.0. The molecular weight excluding hydrogens is 382 g/mol. The molecule has 7 heteroatoms. The van der Waals surface area contributed by atoms with Crippen LogP contribution in [0.1, 0.15) is 41.3 Å². The number of aryl methyl sites for hydroxylation is 1. The fourth-order valence-corrected chi connectivity index (χ4v) is 3.93. The van der Waals surface area contributed by atoms with Gasteiger partial charge in [-0.2, -0.15) is 0 Å². The van der Waals surface area contributed by atoms with Crippen molar-refractivity contribution in [2.45, 2.75) is 32.2 Å². The number of hydrogen-bond acceptors (Lipinski definition) is 4. The Morgan fingerprint density at radius 3 is 2.50 bits per heavy atom. The Morgan fingerprint density at radius 2 is 1.83 bits per heavy atom. The highest BCUT2D eigenvalue weighted by Gasteiger charge is 2.49. The van der Waals surface area contributed by atoms with E-state index < -0.39 is 17.5 Å². The first kappa shape index (κ1) is 19.8. The number of nitrogens with one attached hydrogen (secondary N) is 1. The second kappa shape index (κ2) is 7.40. The molecule has 4 rings (SSSR count). The topological polar surface area (TPSA) is 86.8 Å². The summed E-state index contributed by atoms with van der Waals surface area (Å²) < 4.78 is 0. The van der Waals surface area contributed by atoms with Gasteiger partial charge in [-0.05, 0) is 38.0 Å². The summed E-state index contributed by atoms with van der Waals surface area (Å²) in [6, 6.07) is 13.5. The highest BCUT2D eigenvalue weighted by Crippen LogP contribution is 2.29. The number of benzene rings is 2. The fourth-order valence-electron chi connectivity index (χ4n) is 3.93. The molecule has 30 heavy (non-hydrogen) atoms. The van der Waals surface area contributed by atoms with Crippen LogP contribution in [0.25, 0.3) is 0 Å². The molecule has 0 spiro atoms. The number of Topliss-reactive ketones (excluding diaryl/α,β-unsaturated/α-hetero) is 1. The molecule has 154 valence electrons. The summed E-state index contributed by atoms with van der Waals surface area (Å²) in [4.78, 5) is 53.0. The highest BCUT2D eigenvalue weighted by molar-refractivity contribution is 6.11. The highest BCUT2D eigenvalue weighted by atomic mass is 16.2. The summed E-state index contributed by atoms with van der Waals surface area (Å²) in [6.45, 7) is 3.85. The van der Waals surface area contributed by atoms with E-state index in [-0.39, 0.29) is 18.2 Å². The van der Waals surface area contributed by atoms with E-state index in [1.807, 2.05) is 19.1 Å². The van der Waals surface area contributed by atoms with Gasteiger partial charge in [0.25, 0.3) is 5.91 Å². The van der Waals surface area contributed by atoms with E-state index in [1.165, 1.54) is 0 Å². The molecule has 2 aromatic rings. The molecule has 2 fully saturated rings. The number of urea groups is 1. The lowest BCUT2D eigenvalue weighted by atomic mass is 9.91. The number of anilines is 1. The maximum absolute atomic E-state index is 13.0. The molecule has 2 aliphatic rings. The molecule has 1 atom stereocenters. The number of nitrogens with zero attached hydrogens (tertiary/aromatic N) is 2. The molecule has 2 aromatic carbocycles. The lowest BCUT2D eigenvalue weighted by molar-refractivity contribution is -0.130. The predicted octanol–water partition coefficient (Wildman–Crippen LogP) is 2.77. The summed E-state index contributed by atoms with van der Waals surface area (Å²) in [6.07, 6.45) is 1.29. The van der Waals surface area contributed by atoms with Gasteiger partial charge in [0.05, 0.1) is 6.54 Å². The molecule has 0 bridgehead atoms. The first-order valence-corrected chi connectivity index (χ1v) is 9.94. The molecule has 1 N–H and O–H groups in total. The Labute approximate surface area is 174 Å². The van der Waals surface area contributed by atoms with Gasteiger partial charge >= 0.3 is 6.03 Å². The summed E-state index contributed by atoms with van der Waals surface area (Å²) in [7, 11) is 0. The second-order valence-electron chi connectivity index (χ2n) is 7.93.